The number of carboxylic acids is 1. The third-order valence-electron chi connectivity index (χ3n) is 0.693. The Morgan fingerprint density at radius 3 is 1.62 bits per heavy atom. The Labute approximate surface area is 77.3 Å². The Morgan fingerprint density at radius 2 is 1.54 bits per heavy atom. The van der Waals surface area contributed by atoms with Crippen LogP contribution in [0.3, 0.4) is 0 Å². The molecule has 2 N–H and O–H groups in total. The summed E-state index contributed by atoms with van der Waals surface area (Å²) < 4.78 is 4.62. The molecule has 0 radical (unpaired) electrons. The fraction of sp³-hybridized carbons (Fsp3) is 0.750. The van der Waals surface area contributed by atoms with Crippen molar-refractivity contribution < 1.29 is 24.5 Å². The lowest BCUT2D eigenvalue weighted by Gasteiger charge is -2.08. The van der Waals surface area contributed by atoms with Crippen molar-refractivity contribution in [3.05, 3.63) is 0 Å². The summed E-state index contributed by atoms with van der Waals surface area (Å²) in [5.41, 5.74) is 0. The third kappa shape index (κ3) is 18.1. The van der Waals surface area contributed by atoms with E-state index in [1.54, 1.807) is 13.8 Å². The van der Waals surface area contributed by atoms with Crippen molar-refractivity contribution in [1.29, 1.82) is 0 Å². The fourth-order valence-electron chi connectivity index (χ4n) is 0.331. The average molecular weight is 192 g/mol. The first-order chi connectivity index (χ1) is 5.77. The van der Waals surface area contributed by atoms with Crippen LogP contribution in [-0.4, -0.2) is 34.4 Å². The number of aliphatic hydroxyl groups excluding tert-OH is 1. The zero-order valence-electron chi connectivity index (χ0n) is 8.27. The van der Waals surface area contributed by atoms with E-state index < -0.39 is 18.0 Å². The van der Waals surface area contributed by atoms with Gasteiger partial charge in [-0.05, 0) is 20.8 Å². The van der Waals surface area contributed by atoms with Gasteiger partial charge in [-0.25, -0.2) is 4.79 Å². The number of rotatable bonds is 2. The molecule has 0 saturated heterocycles. The van der Waals surface area contributed by atoms with Crippen LogP contribution in [-0.2, 0) is 14.3 Å². The fourth-order valence-corrected chi connectivity index (χ4v) is 0.331. The first-order valence-corrected chi connectivity index (χ1v) is 3.85. The van der Waals surface area contributed by atoms with Crippen molar-refractivity contribution in [2.75, 3.05) is 0 Å². The van der Waals surface area contributed by atoms with Crippen LogP contribution in [0.4, 0.5) is 0 Å². The lowest BCUT2D eigenvalue weighted by molar-refractivity contribution is -0.156. The van der Waals surface area contributed by atoms with Gasteiger partial charge in [-0.2, -0.15) is 0 Å². The van der Waals surface area contributed by atoms with E-state index >= 15 is 0 Å². The van der Waals surface area contributed by atoms with Gasteiger partial charge >= 0.3 is 5.97 Å². The Hall–Kier alpha value is -1.10. The maximum absolute atomic E-state index is 10.5. The molecule has 13 heavy (non-hydrogen) atoms. The minimum Gasteiger partial charge on any atom is -0.481 e. The van der Waals surface area contributed by atoms with E-state index in [4.69, 9.17) is 15.0 Å². The second-order valence-corrected chi connectivity index (χ2v) is 2.68. The molecule has 0 aliphatic rings. The van der Waals surface area contributed by atoms with Gasteiger partial charge in [0.05, 0.1) is 6.10 Å². The maximum atomic E-state index is 10.5. The highest BCUT2D eigenvalue weighted by Crippen LogP contribution is 1.92. The van der Waals surface area contributed by atoms with Crippen LogP contribution in [0.25, 0.3) is 0 Å². The Kier molecular flexibility index (Phi) is 8.37. The van der Waals surface area contributed by atoms with Crippen molar-refractivity contribution in [2.45, 2.75) is 39.9 Å². The number of carbonyl (C=O) groups is 2. The van der Waals surface area contributed by atoms with Crippen LogP contribution in [0, 0.1) is 0 Å². The van der Waals surface area contributed by atoms with E-state index in [1.807, 2.05) is 0 Å². The molecule has 0 saturated carbocycles. The van der Waals surface area contributed by atoms with Crippen LogP contribution >= 0.6 is 0 Å². The molecule has 1 unspecified atom stereocenters. The molecule has 0 aromatic carbocycles. The minimum atomic E-state index is -1.01. The third-order valence-corrected chi connectivity index (χ3v) is 0.693. The number of aliphatic carboxylic acids is 1. The van der Waals surface area contributed by atoms with E-state index in [1.165, 1.54) is 6.92 Å². The molecule has 0 spiro atoms. The summed E-state index contributed by atoms with van der Waals surface area (Å²) in [7, 11) is 0. The number of ether oxygens (including phenoxy) is 1. The quantitative estimate of drug-likeness (QED) is 0.619. The molecule has 0 bridgehead atoms. The number of carbonyl (C=O) groups excluding carboxylic acids is 1. The molecular weight excluding hydrogens is 176 g/mol. The largest absolute Gasteiger partial charge is 0.481 e. The van der Waals surface area contributed by atoms with Crippen molar-refractivity contribution >= 4 is 11.9 Å². The average Bonchev–Trinajstić information content (AvgIpc) is 1.83. The van der Waals surface area contributed by atoms with Crippen LogP contribution in [0.5, 0.6) is 0 Å². The summed E-state index contributed by atoms with van der Waals surface area (Å²) in [6, 6.07) is 0. The van der Waals surface area contributed by atoms with Gasteiger partial charge in [-0.1, -0.05) is 0 Å². The second-order valence-electron chi connectivity index (χ2n) is 2.68. The number of hydrogen-bond acceptors (Lipinski definition) is 4. The van der Waals surface area contributed by atoms with Gasteiger partial charge in [-0.15, -0.1) is 0 Å². The molecule has 0 fully saturated rings. The highest BCUT2D eigenvalue weighted by molar-refractivity contribution is 5.73. The summed E-state index contributed by atoms with van der Waals surface area (Å²) in [4.78, 5) is 19.5. The first-order valence-electron chi connectivity index (χ1n) is 3.85. The highest BCUT2D eigenvalue weighted by Gasteiger charge is 2.10. The predicted octanol–water partition coefficient (Wildman–Crippen LogP) is 0.410. The van der Waals surface area contributed by atoms with Gasteiger partial charge in [-0.3, -0.25) is 4.79 Å². The molecule has 0 aliphatic heterocycles. The second kappa shape index (κ2) is 7.54. The molecule has 5 heteroatoms. The lowest BCUT2D eigenvalue weighted by atomic mass is 10.4. The number of esters is 1. The molecular formula is C8H16O5. The smallest absolute Gasteiger partial charge is 0.334 e. The SMILES string of the molecule is CC(=O)O.CC(C)OC(=O)C(C)O. The van der Waals surface area contributed by atoms with Gasteiger partial charge in [0, 0.05) is 6.92 Å². The number of aliphatic hydroxyl groups is 1. The molecule has 0 aliphatic carbocycles. The Bertz CT molecular complexity index is 158. The Balaban J connectivity index is 0. The molecule has 78 valence electrons. The standard InChI is InChI=1S/C6H12O3.C2H4O2/c1-4(2)9-6(8)5(3)7;1-2(3)4/h4-5,7H,1-3H3;1H3,(H,3,4). The van der Waals surface area contributed by atoms with Crippen molar-refractivity contribution in [1.82, 2.24) is 0 Å². The van der Waals surface area contributed by atoms with Crippen LogP contribution in [0.15, 0.2) is 0 Å². The van der Waals surface area contributed by atoms with E-state index in [-0.39, 0.29) is 6.10 Å². The van der Waals surface area contributed by atoms with Crippen LogP contribution in [0.1, 0.15) is 27.7 Å². The summed E-state index contributed by atoms with van der Waals surface area (Å²) in [6.45, 7) is 5.94. The molecule has 1 atom stereocenters. The number of carboxylic acid groups (broad SMARTS) is 1. The van der Waals surface area contributed by atoms with Gasteiger partial charge in [0.15, 0.2) is 0 Å². The minimum absolute atomic E-state index is 0.146. The topological polar surface area (TPSA) is 83.8 Å². The summed E-state index contributed by atoms with van der Waals surface area (Å²) in [5, 5.41) is 16.0. The summed E-state index contributed by atoms with van der Waals surface area (Å²) in [5.74, 6) is -1.40. The molecule has 5 nitrogen and oxygen atoms in total. The predicted molar refractivity (Wildman–Crippen MR) is 46.2 cm³/mol. The Morgan fingerprint density at radius 1 is 1.23 bits per heavy atom. The van der Waals surface area contributed by atoms with Gasteiger partial charge in [0.1, 0.15) is 6.10 Å². The first kappa shape index (κ1) is 14.4. The zero-order valence-corrected chi connectivity index (χ0v) is 8.27. The number of hydrogen-bond donors (Lipinski definition) is 2. The zero-order chi connectivity index (χ0) is 11.0. The van der Waals surface area contributed by atoms with Crippen LogP contribution in [0.2, 0.25) is 0 Å². The van der Waals surface area contributed by atoms with Crippen LogP contribution < -0.4 is 0 Å². The van der Waals surface area contributed by atoms with E-state index in [0.717, 1.165) is 6.92 Å². The molecule has 0 heterocycles. The van der Waals surface area contributed by atoms with Gasteiger partial charge in [0.25, 0.3) is 5.97 Å². The summed E-state index contributed by atoms with van der Waals surface area (Å²) in [6.07, 6.45) is -1.15. The van der Waals surface area contributed by atoms with E-state index in [0.29, 0.717) is 0 Å². The highest BCUT2D eigenvalue weighted by atomic mass is 16.6. The normalized spacial score (nSPS) is 11.2. The maximum Gasteiger partial charge on any atom is 0.334 e. The monoisotopic (exact) mass is 192 g/mol. The molecule has 0 rings (SSSR count). The lowest BCUT2D eigenvalue weighted by Crippen LogP contribution is -2.22. The van der Waals surface area contributed by atoms with Crippen molar-refractivity contribution in [2.24, 2.45) is 0 Å². The van der Waals surface area contributed by atoms with Gasteiger partial charge < -0.3 is 14.9 Å². The van der Waals surface area contributed by atoms with Gasteiger partial charge in [0.2, 0.25) is 0 Å². The molecule has 0 aromatic rings. The van der Waals surface area contributed by atoms with Crippen molar-refractivity contribution in [3.63, 3.8) is 0 Å². The van der Waals surface area contributed by atoms with Crippen molar-refractivity contribution in [3.8, 4) is 0 Å². The summed E-state index contributed by atoms with van der Waals surface area (Å²) >= 11 is 0. The van der Waals surface area contributed by atoms with E-state index in [2.05, 4.69) is 4.74 Å². The molecule has 0 amide bonds. The molecule has 0 aromatic heterocycles. The van der Waals surface area contributed by atoms with E-state index in [9.17, 15) is 4.79 Å².